The molecule has 0 fully saturated rings. The van der Waals surface area contributed by atoms with Crippen molar-refractivity contribution in [2.75, 3.05) is 0 Å². The van der Waals surface area contributed by atoms with Gasteiger partial charge in [0.1, 0.15) is 9.52 Å². The molecular formula is C42H28Si. The van der Waals surface area contributed by atoms with E-state index in [1.807, 2.05) is 0 Å². The van der Waals surface area contributed by atoms with Crippen LogP contribution in [0.3, 0.4) is 0 Å². The number of rotatable bonds is 5. The molecule has 0 spiro atoms. The molecule has 0 unspecified atom stereocenters. The Morgan fingerprint density at radius 1 is 0.302 bits per heavy atom. The summed E-state index contributed by atoms with van der Waals surface area (Å²) in [6.45, 7) is 0. The van der Waals surface area contributed by atoms with Gasteiger partial charge in [0.25, 0.3) is 0 Å². The smallest absolute Gasteiger partial charge is 0.0631 e. The van der Waals surface area contributed by atoms with Crippen LogP contribution < -0.4 is 10.4 Å². The minimum Gasteiger partial charge on any atom is -0.0631 e. The summed E-state index contributed by atoms with van der Waals surface area (Å²) in [6.07, 6.45) is 0. The molecule has 0 aliphatic heterocycles. The summed E-state index contributed by atoms with van der Waals surface area (Å²) in [5.41, 5.74) is 7.60. The monoisotopic (exact) mass is 560 g/mol. The van der Waals surface area contributed by atoms with Crippen LogP contribution in [0.4, 0.5) is 0 Å². The van der Waals surface area contributed by atoms with Crippen molar-refractivity contribution in [3.63, 3.8) is 0 Å². The molecule has 0 saturated heterocycles. The standard InChI is InChI=1S/C42H28Si/c1-3-12-29(13-4-1)30-22-24-32(25-23-30)41-37-19-9-10-20-38(37)42(36-21-11-15-31-14-7-8-18-35(31)36)39-27-26-34(28-40(39)41)43-33-16-5-2-6-17-33/h1-28H. The summed E-state index contributed by atoms with van der Waals surface area (Å²) in [7, 11) is 0.598. The van der Waals surface area contributed by atoms with E-state index in [9.17, 15) is 0 Å². The zero-order valence-corrected chi connectivity index (χ0v) is 24.7. The molecule has 0 aliphatic carbocycles. The Balaban J connectivity index is 1.43. The van der Waals surface area contributed by atoms with Crippen LogP contribution in [0.5, 0.6) is 0 Å². The first-order valence-electron chi connectivity index (χ1n) is 14.8. The SMILES string of the molecule is c1ccc([Si]c2ccc3c(-c4cccc5ccccc45)c4ccccc4c(-c4ccc(-c5ccccc5)cc4)c3c2)cc1. The van der Waals surface area contributed by atoms with Crippen molar-refractivity contribution in [3.05, 3.63) is 170 Å². The molecule has 0 heterocycles. The maximum Gasteiger partial charge on any atom is 0.121 e. The molecule has 2 radical (unpaired) electrons. The minimum atomic E-state index is 0.598. The highest BCUT2D eigenvalue weighted by Gasteiger charge is 2.18. The van der Waals surface area contributed by atoms with Gasteiger partial charge in [0, 0.05) is 0 Å². The van der Waals surface area contributed by atoms with Crippen LogP contribution in [-0.4, -0.2) is 9.52 Å². The lowest BCUT2D eigenvalue weighted by atomic mass is 9.84. The van der Waals surface area contributed by atoms with Crippen molar-refractivity contribution in [2.24, 2.45) is 0 Å². The molecule has 0 nitrogen and oxygen atoms in total. The van der Waals surface area contributed by atoms with Crippen LogP contribution in [0.15, 0.2) is 170 Å². The Kier molecular flexibility index (Phi) is 6.44. The predicted octanol–water partition coefficient (Wildman–Crippen LogP) is 9.80. The third-order valence-electron chi connectivity index (χ3n) is 8.43. The molecular weight excluding hydrogens is 533 g/mol. The van der Waals surface area contributed by atoms with Crippen LogP contribution in [-0.2, 0) is 0 Å². The molecule has 43 heavy (non-hydrogen) atoms. The first-order chi connectivity index (χ1) is 21.3. The molecule has 0 atom stereocenters. The van der Waals surface area contributed by atoms with Crippen LogP contribution in [0.2, 0.25) is 0 Å². The van der Waals surface area contributed by atoms with Crippen LogP contribution >= 0.6 is 0 Å². The highest BCUT2D eigenvalue weighted by molar-refractivity contribution is 6.67. The third-order valence-corrected chi connectivity index (χ3v) is 9.65. The number of hydrogen-bond donors (Lipinski definition) is 0. The molecule has 1 heteroatoms. The lowest BCUT2D eigenvalue weighted by Gasteiger charge is -2.20. The quantitative estimate of drug-likeness (QED) is 0.145. The average Bonchev–Trinajstić information content (AvgIpc) is 3.08. The summed E-state index contributed by atoms with van der Waals surface area (Å²) in [4.78, 5) is 0. The fraction of sp³-hybridized carbons (Fsp3) is 0. The highest BCUT2D eigenvalue weighted by Crippen LogP contribution is 2.45. The van der Waals surface area contributed by atoms with E-state index in [2.05, 4.69) is 170 Å². The summed E-state index contributed by atoms with van der Waals surface area (Å²) in [5, 5.41) is 10.4. The van der Waals surface area contributed by atoms with E-state index < -0.39 is 0 Å². The van der Waals surface area contributed by atoms with Crippen LogP contribution in [0.25, 0.3) is 65.7 Å². The molecule has 0 amide bonds. The molecule has 8 rings (SSSR count). The lowest BCUT2D eigenvalue weighted by Crippen LogP contribution is -2.26. The van der Waals surface area contributed by atoms with Gasteiger partial charge in [-0.3, -0.25) is 0 Å². The zero-order chi connectivity index (χ0) is 28.6. The van der Waals surface area contributed by atoms with E-state index in [0.29, 0.717) is 9.52 Å². The van der Waals surface area contributed by atoms with Gasteiger partial charge in [0.05, 0.1) is 0 Å². The highest BCUT2D eigenvalue weighted by atomic mass is 28.2. The van der Waals surface area contributed by atoms with Gasteiger partial charge < -0.3 is 0 Å². The third kappa shape index (κ3) is 4.65. The normalized spacial score (nSPS) is 11.3. The first-order valence-corrected chi connectivity index (χ1v) is 15.8. The van der Waals surface area contributed by atoms with E-state index >= 15 is 0 Å². The molecule has 200 valence electrons. The molecule has 8 aromatic carbocycles. The largest absolute Gasteiger partial charge is 0.121 e. The van der Waals surface area contributed by atoms with Gasteiger partial charge in [-0.05, 0) is 65.7 Å². The van der Waals surface area contributed by atoms with Gasteiger partial charge in [-0.2, -0.15) is 0 Å². The minimum absolute atomic E-state index is 0.598. The molecule has 0 aliphatic rings. The Morgan fingerprint density at radius 3 is 1.63 bits per heavy atom. The van der Waals surface area contributed by atoms with Crippen molar-refractivity contribution in [1.29, 1.82) is 0 Å². The Labute approximate surface area is 254 Å². The molecule has 0 aromatic heterocycles. The fourth-order valence-corrected chi connectivity index (χ4v) is 7.52. The second-order valence-corrected chi connectivity index (χ2v) is 12.4. The van der Waals surface area contributed by atoms with Gasteiger partial charge in [-0.25, -0.2) is 0 Å². The predicted molar refractivity (Wildman–Crippen MR) is 187 cm³/mol. The van der Waals surface area contributed by atoms with Crippen molar-refractivity contribution in [2.45, 2.75) is 0 Å². The van der Waals surface area contributed by atoms with Crippen molar-refractivity contribution < 1.29 is 0 Å². The molecule has 8 aromatic rings. The second-order valence-electron chi connectivity index (χ2n) is 11.0. The van der Waals surface area contributed by atoms with Crippen molar-refractivity contribution >= 4 is 52.2 Å². The summed E-state index contributed by atoms with van der Waals surface area (Å²) >= 11 is 0. The number of fused-ring (bicyclic) bond motifs is 3. The maximum atomic E-state index is 2.45. The molecule has 0 saturated carbocycles. The Bertz CT molecular complexity index is 2230. The Hall–Kier alpha value is -5.24. The first kappa shape index (κ1) is 25.5. The van der Waals surface area contributed by atoms with Gasteiger partial charge in [-0.1, -0.05) is 180 Å². The van der Waals surface area contributed by atoms with E-state index in [-0.39, 0.29) is 0 Å². The zero-order valence-electron chi connectivity index (χ0n) is 23.7. The van der Waals surface area contributed by atoms with E-state index in [4.69, 9.17) is 0 Å². The number of benzene rings is 8. The van der Waals surface area contributed by atoms with E-state index in [1.54, 1.807) is 0 Å². The molecule has 0 bridgehead atoms. The summed E-state index contributed by atoms with van der Waals surface area (Å²) in [6, 6.07) is 62.1. The maximum absolute atomic E-state index is 2.45. The van der Waals surface area contributed by atoms with Gasteiger partial charge in [0.2, 0.25) is 0 Å². The summed E-state index contributed by atoms with van der Waals surface area (Å²) in [5.74, 6) is 0. The molecule has 0 N–H and O–H groups in total. The van der Waals surface area contributed by atoms with Crippen molar-refractivity contribution in [3.8, 4) is 33.4 Å². The van der Waals surface area contributed by atoms with Crippen LogP contribution in [0, 0.1) is 0 Å². The van der Waals surface area contributed by atoms with E-state index in [1.165, 1.54) is 76.1 Å². The topological polar surface area (TPSA) is 0 Å². The van der Waals surface area contributed by atoms with E-state index in [0.717, 1.165) is 0 Å². The van der Waals surface area contributed by atoms with Crippen LogP contribution in [0.1, 0.15) is 0 Å². The average molecular weight is 561 g/mol. The second kappa shape index (κ2) is 10.9. The lowest BCUT2D eigenvalue weighted by molar-refractivity contribution is 1.61. The fourth-order valence-electron chi connectivity index (χ4n) is 6.45. The number of hydrogen-bond acceptors (Lipinski definition) is 0. The van der Waals surface area contributed by atoms with Crippen molar-refractivity contribution in [1.82, 2.24) is 0 Å². The van der Waals surface area contributed by atoms with Gasteiger partial charge in [0.15, 0.2) is 0 Å². The van der Waals surface area contributed by atoms with Gasteiger partial charge >= 0.3 is 0 Å². The van der Waals surface area contributed by atoms with Gasteiger partial charge in [-0.15, -0.1) is 0 Å². The summed E-state index contributed by atoms with van der Waals surface area (Å²) < 4.78 is 0. The Morgan fingerprint density at radius 2 is 0.860 bits per heavy atom.